The smallest absolute Gasteiger partial charge is 0.242 e. The van der Waals surface area contributed by atoms with Crippen molar-refractivity contribution in [3.05, 3.63) is 42.1 Å². The molecular formula is C17H21N5O3. The van der Waals surface area contributed by atoms with Gasteiger partial charge in [0.25, 0.3) is 0 Å². The molecule has 1 aromatic carbocycles. The van der Waals surface area contributed by atoms with Crippen molar-refractivity contribution in [1.82, 2.24) is 20.4 Å². The number of aryl methyl sites for hydroxylation is 1. The molecule has 0 fully saturated rings. The molecule has 2 aromatic rings. The van der Waals surface area contributed by atoms with Gasteiger partial charge < -0.3 is 16.4 Å². The minimum absolute atomic E-state index is 0.0790. The Morgan fingerprint density at radius 2 is 1.92 bits per heavy atom. The van der Waals surface area contributed by atoms with E-state index in [0.29, 0.717) is 0 Å². The van der Waals surface area contributed by atoms with Crippen LogP contribution in [0.25, 0.3) is 11.3 Å². The number of hydrogen-bond acceptors (Lipinski definition) is 4. The van der Waals surface area contributed by atoms with Crippen LogP contribution < -0.4 is 16.4 Å². The molecule has 0 aliphatic rings. The van der Waals surface area contributed by atoms with Crippen LogP contribution in [0.15, 0.2) is 36.4 Å². The Labute approximate surface area is 145 Å². The second-order valence-corrected chi connectivity index (χ2v) is 5.60. The molecule has 8 nitrogen and oxygen atoms in total. The second kappa shape index (κ2) is 8.09. The van der Waals surface area contributed by atoms with Crippen molar-refractivity contribution >= 4 is 17.7 Å². The standard InChI is InChI=1S/C17H21N5O3/c1-11-8-14(12-6-4-3-5-7-12)22(21-11)10-16(24)20-13(9-15(18)23)17(25)19-2/h3-8,13H,9-10H2,1-2H3,(H2,18,23)(H,19,25)(H,20,24)/t13-/m0/s1. The molecule has 8 heteroatoms. The molecule has 3 amide bonds. The number of nitrogens with two attached hydrogens (primary N) is 1. The number of rotatable bonds is 7. The van der Waals surface area contributed by atoms with E-state index >= 15 is 0 Å². The molecule has 0 aliphatic carbocycles. The van der Waals surface area contributed by atoms with Crippen LogP contribution >= 0.6 is 0 Å². The highest BCUT2D eigenvalue weighted by Gasteiger charge is 2.22. The molecule has 1 atom stereocenters. The minimum atomic E-state index is -1.01. The van der Waals surface area contributed by atoms with E-state index in [1.165, 1.54) is 7.05 Å². The SMILES string of the molecule is CNC(=O)[C@H](CC(N)=O)NC(=O)Cn1nc(C)cc1-c1ccccc1. The van der Waals surface area contributed by atoms with E-state index in [-0.39, 0.29) is 13.0 Å². The summed E-state index contributed by atoms with van der Waals surface area (Å²) in [4.78, 5) is 35.2. The van der Waals surface area contributed by atoms with Gasteiger partial charge in [0.05, 0.1) is 17.8 Å². The lowest BCUT2D eigenvalue weighted by Crippen LogP contribution is -2.48. The Morgan fingerprint density at radius 1 is 1.24 bits per heavy atom. The highest BCUT2D eigenvalue weighted by Crippen LogP contribution is 2.19. The van der Waals surface area contributed by atoms with Gasteiger partial charge in [-0.1, -0.05) is 30.3 Å². The summed E-state index contributed by atoms with van der Waals surface area (Å²) in [5.74, 6) is -1.59. The summed E-state index contributed by atoms with van der Waals surface area (Å²) in [6.45, 7) is 1.76. The highest BCUT2D eigenvalue weighted by atomic mass is 16.2. The molecule has 0 aliphatic heterocycles. The van der Waals surface area contributed by atoms with Gasteiger partial charge in [0.2, 0.25) is 17.7 Å². The second-order valence-electron chi connectivity index (χ2n) is 5.60. The van der Waals surface area contributed by atoms with Crippen LogP contribution in [0.2, 0.25) is 0 Å². The molecule has 1 aromatic heterocycles. The van der Waals surface area contributed by atoms with Crippen LogP contribution in [0, 0.1) is 6.92 Å². The van der Waals surface area contributed by atoms with Gasteiger partial charge in [-0.05, 0) is 18.6 Å². The van der Waals surface area contributed by atoms with Crippen molar-refractivity contribution in [2.45, 2.75) is 25.9 Å². The Bertz CT molecular complexity index is 770. The number of nitrogens with one attached hydrogen (secondary N) is 2. The first-order valence-electron chi connectivity index (χ1n) is 7.80. The molecule has 0 bridgehead atoms. The monoisotopic (exact) mass is 343 g/mol. The molecule has 0 saturated heterocycles. The number of benzene rings is 1. The molecule has 0 spiro atoms. The largest absolute Gasteiger partial charge is 0.370 e. The van der Waals surface area contributed by atoms with Gasteiger partial charge >= 0.3 is 0 Å². The topological polar surface area (TPSA) is 119 Å². The molecular weight excluding hydrogens is 322 g/mol. The molecule has 0 radical (unpaired) electrons. The summed E-state index contributed by atoms with van der Waals surface area (Å²) in [6.07, 6.45) is -0.269. The third-order valence-corrected chi connectivity index (χ3v) is 3.57. The zero-order chi connectivity index (χ0) is 18.4. The van der Waals surface area contributed by atoms with Gasteiger partial charge in [-0.15, -0.1) is 0 Å². The predicted molar refractivity (Wildman–Crippen MR) is 92.2 cm³/mol. The molecule has 2 rings (SSSR count). The number of aromatic nitrogens is 2. The summed E-state index contributed by atoms with van der Waals surface area (Å²) in [6, 6.07) is 10.4. The van der Waals surface area contributed by atoms with Gasteiger partial charge in [-0.2, -0.15) is 5.10 Å². The van der Waals surface area contributed by atoms with Crippen molar-refractivity contribution in [2.24, 2.45) is 5.73 Å². The van der Waals surface area contributed by atoms with Gasteiger partial charge in [0, 0.05) is 7.05 Å². The third-order valence-electron chi connectivity index (χ3n) is 3.57. The number of likely N-dealkylation sites (N-methyl/N-ethyl adjacent to an activating group) is 1. The maximum atomic E-state index is 12.3. The van der Waals surface area contributed by atoms with Gasteiger partial charge in [-0.3, -0.25) is 19.1 Å². The Hall–Kier alpha value is -3.16. The first-order chi connectivity index (χ1) is 11.9. The van der Waals surface area contributed by atoms with Crippen LogP contribution in [0.5, 0.6) is 0 Å². The van der Waals surface area contributed by atoms with E-state index in [0.717, 1.165) is 17.0 Å². The minimum Gasteiger partial charge on any atom is -0.370 e. The average Bonchev–Trinajstić information content (AvgIpc) is 2.94. The number of nitrogens with zero attached hydrogens (tertiary/aromatic N) is 2. The van der Waals surface area contributed by atoms with Crippen molar-refractivity contribution in [3.8, 4) is 11.3 Å². The zero-order valence-electron chi connectivity index (χ0n) is 14.2. The molecule has 1 heterocycles. The average molecular weight is 343 g/mol. The number of carbonyl (C=O) groups is 3. The lowest BCUT2D eigenvalue weighted by atomic mass is 10.1. The summed E-state index contributed by atoms with van der Waals surface area (Å²) in [7, 11) is 1.42. The summed E-state index contributed by atoms with van der Waals surface area (Å²) in [5.41, 5.74) is 7.62. The fraction of sp³-hybridized carbons (Fsp3) is 0.294. The number of hydrogen-bond donors (Lipinski definition) is 3. The van der Waals surface area contributed by atoms with E-state index in [1.807, 2.05) is 43.3 Å². The predicted octanol–water partition coefficient (Wildman–Crippen LogP) is -0.0353. The van der Waals surface area contributed by atoms with Crippen LogP contribution in [-0.2, 0) is 20.9 Å². The summed E-state index contributed by atoms with van der Waals surface area (Å²) in [5, 5.41) is 9.24. The maximum absolute atomic E-state index is 12.3. The summed E-state index contributed by atoms with van der Waals surface area (Å²) < 4.78 is 1.56. The van der Waals surface area contributed by atoms with Crippen LogP contribution in [0.1, 0.15) is 12.1 Å². The Morgan fingerprint density at radius 3 is 2.52 bits per heavy atom. The molecule has 25 heavy (non-hydrogen) atoms. The number of primary amides is 1. The van der Waals surface area contributed by atoms with Gasteiger partial charge in [0.15, 0.2) is 0 Å². The first-order valence-corrected chi connectivity index (χ1v) is 7.80. The molecule has 132 valence electrons. The fourth-order valence-corrected chi connectivity index (χ4v) is 2.47. The van der Waals surface area contributed by atoms with Gasteiger partial charge in [0.1, 0.15) is 12.6 Å². The quantitative estimate of drug-likeness (QED) is 0.654. The third kappa shape index (κ3) is 4.90. The normalized spacial score (nSPS) is 11.6. The van der Waals surface area contributed by atoms with Crippen molar-refractivity contribution in [3.63, 3.8) is 0 Å². The molecule has 4 N–H and O–H groups in total. The molecule has 0 saturated carbocycles. The van der Waals surface area contributed by atoms with Crippen LogP contribution in [-0.4, -0.2) is 40.6 Å². The Balaban J connectivity index is 2.15. The van der Waals surface area contributed by atoms with E-state index in [2.05, 4.69) is 15.7 Å². The van der Waals surface area contributed by atoms with E-state index in [9.17, 15) is 14.4 Å². The first kappa shape index (κ1) is 18.2. The lowest BCUT2D eigenvalue weighted by Gasteiger charge is -2.16. The maximum Gasteiger partial charge on any atom is 0.242 e. The number of amides is 3. The van der Waals surface area contributed by atoms with Crippen molar-refractivity contribution < 1.29 is 14.4 Å². The van der Waals surface area contributed by atoms with E-state index < -0.39 is 23.8 Å². The van der Waals surface area contributed by atoms with E-state index in [4.69, 9.17) is 5.73 Å². The molecule has 0 unspecified atom stereocenters. The summed E-state index contributed by atoms with van der Waals surface area (Å²) >= 11 is 0. The zero-order valence-corrected chi connectivity index (χ0v) is 14.2. The van der Waals surface area contributed by atoms with Crippen LogP contribution in [0.4, 0.5) is 0 Å². The van der Waals surface area contributed by atoms with Crippen molar-refractivity contribution in [1.29, 1.82) is 0 Å². The fourth-order valence-electron chi connectivity index (χ4n) is 2.47. The lowest BCUT2D eigenvalue weighted by molar-refractivity contribution is -0.131. The van der Waals surface area contributed by atoms with Crippen molar-refractivity contribution in [2.75, 3.05) is 7.05 Å². The highest BCUT2D eigenvalue weighted by molar-refractivity contribution is 5.91. The number of carbonyl (C=O) groups excluding carboxylic acids is 3. The van der Waals surface area contributed by atoms with Crippen LogP contribution in [0.3, 0.4) is 0 Å². The Kier molecular flexibility index (Phi) is 5.89. The van der Waals surface area contributed by atoms with E-state index in [1.54, 1.807) is 4.68 Å². The van der Waals surface area contributed by atoms with Gasteiger partial charge in [-0.25, -0.2) is 0 Å².